The van der Waals surface area contributed by atoms with Crippen molar-refractivity contribution >= 4 is 40.0 Å². The molecule has 5 rings (SSSR count). The fraction of sp³-hybridized carbons (Fsp3) is 0.185. The molecular formula is C27H25N5O3S. The molecule has 3 aromatic carbocycles. The number of para-hydroxylation sites is 2. The van der Waals surface area contributed by atoms with Gasteiger partial charge in [0.2, 0.25) is 5.91 Å². The summed E-state index contributed by atoms with van der Waals surface area (Å²) >= 11 is 1.38. The second-order valence-electron chi connectivity index (χ2n) is 8.61. The molecule has 9 heteroatoms. The summed E-state index contributed by atoms with van der Waals surface area (Å²) in [5.74, 6) is 0.396. The Morgan fingerprint density at radius 2 is 1.78 bits per heavy atom. The number of ether oxygens (including phenoxy) is 1. The Morgan fingerprint density at radius 1 is 1.03 bits per heavy atom. The van der Waals surface area contributed by atoms with Crippen molar-refractivity contribution in [2.45, 2.75) is 37.2 Å². The van der Waals surface area contributed by atoms with Gasteiger partial charge >= 0.3 is 5.69 Å². The number of aryl methyl sites for hydroxylation is 3. The molecule has 0 unspecified atom stereocenters. The van der Waals surface area contributed by atoms with Crippen molar-refractivity contribution in [1.82, 2.24) is 19.2 Å². The normalized spacial score (nSPS) is 11.2. The maximum absolute atomic E-state index is 13.4. The number of carbonyl (C=O) groups is 1. The van der Waals surface area contributed by atoms with Crippen LogP contribution >= 0.6 is 11.8 Å². The van der Waals surface area contributed by atoms with E-state index in [1.54, 1.807) is 7.11 Å². The third-order valence-corrected chi connectivity index (χ3v) is 6.82. The van der Waals surface area contributed by atoms with E-state index >= 15 is 0 Å². The number of methoxy groups -OCH3 is 1. The maximum Gasteiger partial charge on any atom is 0.351 e. The van der Waals surface area contributed by atoms with Crippen LogP contribution < -0.4 is 15.7 Å². The molecule has 0 saturated carbocycles. The van der Waals surface area contributed by atoms with Gasteiger partial charge in [-0.25, -0.2) is 18.9 Å². The van der Waals surface area contributed by atoms with Crippen LogP contribution in [0.1, 0.15) is 16.7 Å². The first-order valence-corrected chi connectivity index (χ1v) is 12.2. The first kappa shape index (κ1) is 23.6. The molecular weight excluding hydrogens is 474 g/mol. The van der Waals surface area contributed by atoms with E-state index in [1.807, 2.05) is 81.4 Å². The minimum atomic E-state index is -0.399. The van der Waals surface area contributed by atoms with E-state index in [2.05, 4.69) is 10.4 Å². The van der Waals surface area contributed by atoms with Crippen LogP contribution in [-0.4, -0.2) is 32.2 Å². The van der Waals surface area contributed by atoms with Gasteiger partial charge in [-0.3, -0.25) is 4.79 Å². The van der Waals surface area contributed by atoms with Gasteiger partial charge in [0, 0.05) is 10.6 Å². The van der Waals surface area contributed by atoms with Crippen molar-refractivity contribution in [3.63, 3.8) is 0 Å². The van der Waals surface area contributed by atoms with Crippen LogP contribution in [0.5, 0.6) is 5.75 Å². The third kappa shape index (κ3) is 4.45. The van der Waals surface area contributed by atoms with E-state index in [0.717, 1.165) is 33.0 Å². The van der Waals surface area contributed by atoms with Gasteiger partial charge in [0.15, 0.2) is 5.65 Å². The van der Waals surface area contributed by atoms with Gasteiger partial charge in [0.1, 0.15) is 17.3 Å². The molecule has 0 atom stereocenters. The quantitative estimate of drug-likeness (QED) is 0.362. The Hall–Kier alpha value is -4.11. The van der Waals surface area contributed by atoms with E-state index in [9.17, 15) is 9.59 Å². The number of anilines is 1. The molecule has 0 aliphatic rings. The molecule has 0 bridgehead atoms. The Balaban J connectivity index is 1.55. The molecule has 1 amide bonds. The number of carbonyl (C=O) groups excluding carboxylic acids is 1. The fourth-order valence-corrected chi connectivity index (χ4v) is 5.22. The minimum Gasteiger partial charge on any atom is -0.497 e. The summed E-state index contributed by atoms with van der Waals surface area (Å²) in [5.41, 5.74) is 5.09. The predicted molar refractivity (Wildman–Crippen MR) is 141 cm³/mol. The highest BCUT2D eigenvalue weighted by Crippen LogP contribution is 2.32. The van der Waals surface area contributed by atoms with Crippen molar-refractivity contribution in [1.29, 1.82) is 0 Å². The molecule has 5 aromatic rings. The van der Waals surface area contributed by atoms with Crippen molar-refractivity contribution < 1.29 is 9.53 Å². The molecule has 182 valence electrons. The van der Waals surface area contributed by atoms with Crippen LogP contribution in [0.2, 0.25) is 0 Å². The first-order chi connectivity index (χ1) is 17.3. The highest BCUT2D eigenvalue weighted by atomic mass is 32.2. The lowest BCUT2D eigenvalue weighted by Crippen LogP contribution is -2.28. The smallest absolute Gasteiger partial charge is 0.351 e. The molecule has 8 nitrogen and oxygen atoms in total. The topological polar surface area (TPSA) is 90.5 Å². The predicted octanol–water partition coefficient (Wildman–Crippen LogP) is 4.77. The number of nitrogens with one attached hydrogen (secondary N) is 1. The lowest BCUT2D eigenvalue weighted by atomic mass is 10.1. The number of amides is 1. The van der Waals surface area contributed by atoms with Gasteiger partial charge in [-0.1, -0.05) is 47.7 Å². The third-order valence-electron chi connectivity index (χ3n) is 5.87. The molecule has 1 N–H and O–H groups in total. The zero-order chi connectivity index (χ0) is 25.4. The van der Waals surface area contributed by atoms with Gasteiger partial charge in [-0.05, 0) is 62.2 Å². The van der Waals surface area contributed by atoms with E-state index in [4.69, 9.17) is 9.72 Å². The molecule has 0 spiro atoms. The molecule has 0 radical (unpaired) electrons. The van der Waals surface area contributed by atoms with Crippen molar-refractivity contribution in [2.24, 2.45) is 0 Å². The molecule has 0 saturated heterocycles. The van der Waals surface area contributed by atoms with Gasteiger partial charge in [0.25, 0.3) is 0 Å². The largest absolute Gasteiger partial charge is 0.497 e. The Kier molecular flexibility index (Phi) is 6.24. The van der Waals surface area contributed by atoms with Crippen molar-refractivity contribution in [2.75, 3.05) is 12.4 Å². The SMILES string of the molecule is COc1cccc(Sc2nc3ccccc3n3c(=O)n(CC(=O)Nc4c(C)cc(C)cc4C)nc23)c1. The summed E-state index contributed by atoms with van der Waals surface area (Å²) in [6, 6.07) is 19.0. The number of rotatable bonds is 6. The van der Waals surface area contributed by atoms with Crippen LogP contribution in [0.25, 0.3) is 16.7 Å². The van der Waals surface area contributed by atoms with Gasteiger partial charge < -0.3 is 10.1 Å². The van der Waals surface area contributed by atoms with E-state index in [0.29, 0.717) is 21.7 Å². The number of benzene rings is 3. The fourth-order valence-electron chi connectivity index (χ4n) is 4.31. The monoisotopic (exact) mass is 499 g/mol. The summed E-state index contributed by atoms with van der Waals surface area (Å²) in [7, 11) is 1.61. The summed E-state index contributed by atoms with van der Waals surface area (Å²) in [4.78, 5) is 32.1. The number of nitrogens with zero attached hydrogens (tertiary/aromatic N) is 4. The van der Waals surface area contributed by atoms with E-state index in [1.165, 1.54) is 20.8 Å². The molecule has 0 aliphatic heterocycles. The van der Waals surface area contributed by atoms with Gasteiger partial charge in [-0.15, -0.1) is 5.10 Å². The van der Waals surface area contributed by atoms with E-state index < -0.39 is 5.69 Å². The lowest BCUT2D eigenvalue weighted by molar-refractivity contribution is -0.117. The maximum atomic E-state index is 13.4. The Bertz CT molecular complexity index is 1670. The second-order valence-corrected chi connectivity index (χ2v) is 9.67. The van der Waals surface area contributed by atoms with E-state index in [-0.39, 0.29) is 12.5 Å². The number of hydrogen-bond donors (Lipinski definition) is 1. The summed E-state index contributed by atoms with van der Waals surface area (Å²) in [6.07, 6.45) is 0. The lowest BCUT2D eigenvalue weighted by Gasteiger charge is -2.12. The van der Waals surface area contributed by atoms with Gasteiger partial charge in [-0.2, -0.15) is 0 Å². The average molecular weight is 500 g/mol. The van der Waals surface area contributed by atoms with Crippen LogP contribution in [-0.2, 0) is 11.3 Å². The summed E-state index contributed by atoms with van der Waals surface area (Å²) in [5, 5.41) is 8.04. The highest BCUT2D eigenvalue weighted by molar-refractivity contribution is 7.99. The average Bonchev–Trinajstić information content (AvgIpc) is 3.18. The Labute approximate surface area is 211 Å². The molecule has 0 fully saturated rings. The second kappa shape index (κ2) is 9.50. The molecule has 2 aromatic heterocycles. The molecule has 0 aliphatic carbocycles. The Morgan fingerprint density at radius 3 is 2.53 bits per heavy atom. The molecule has 2 heterocycles. The van der Waals surface area contributed by atoms with Crippen molar-refractivity contribution in [3.05, 3.63) is 87.8 Å². The van der Waals surface area contributed by atoms with Gasteiger partial charge in [0.05, 0.1) is 18.1 Å². The standard InChI is InChI=1S/C27H25N5O3S/c1-16-12-17(2)24(18(3)13-16)29-23(33)15-31-27(34)32-22-11-6-5-10-21(22)28-26(25(32)30-31)36-20-9-7-8-19(14-20)35-4/h5-14H,15H2,1-4H3,(H,29,33). The zero-order valence-electron chi connectivity index (χ0n) is 20.4. The summed E-state index contributed by atoms with van der Waals surface area (Å²) in [6.45, 7) is 5.70. The zero-order valence-corrected chi connectivity index (χ0v) is 21.2. The number of fused-ring (bicyclic) bond motifs is 3. The molecule has 36 heavy (non-hydrogen) atoms. The number of hydrogen-bond acceptors (Lipinski definition) is 6. The first-order valence-electron chi connectivity index (χ1n) is 11.4. The minimum absolute atomic E-state index is 0.217. The van der Waals surface area contributed by atoms with Crippen LogP contribution in [0.15, 0.2) is 75.4 Å². The summed E-state index contributed by atoms with van der Waals surface area (Å²) < 4.78 is 8.04. The van der Waals surface area contributed by atoms with Crippen molar-refractivity contribution in [3.8, 4) is 5.75 Å². The van der Waals surface area contributed by atoms with Crippen LogP contribution in [0.3, 0.4) is 0 Å². The van der Waals surface area contributed by atoms with Crippen LogP contribution in [0.4, 0.5) is 5.69 Å². The number of aromatic nitrogens is 4. The highest BCUT2D eigenvalue weighted by Gasteiger charge is 2.19. The van der Waals surface area contributed by atoms with Crippen LogP contribution in [0, 0.1) is 20.8 Å².